The summed E-state index contributed by atoms with van der Waals surface area (Å²) in [5.74, 6) is 0.652. The molecule has 0 bridgehead atoms. The molecule has 0 N–H and O–H groups in total. The summed E-state index contributed by atoms with van der Waals surface area (Å²) in [6.45, 7) is 4.48. The van der Waals surface area contributed by atoms with E-state index >= 15 is 0 Å². The molecule has 2 aromatic rings. The molecule has 0 unspecified atom stereocenters. The molecule has 0 fully saturated rings. The van der Waals surface area contributed by atoms with Gasteiger partial charge in [0, 0.05) is 14.6 Å². The van der Waals surface area contributed by atoms with Gasteiger partial charge in [0.1, 0.15) is 0 Å². The van der Waals surface area contributed by atoms with Gasteiger partial charge in [-0.15, -0.1) is 22.7 Å². The van der Waals surface area contributed by atoms with Crippen molar-refractivity contribution in [3.05, 3.63) is 34.5 Å². The van der Waals surface area contributed by atoms with Gasteiger partial charge in [-0.2, -0.15) is 0 Å². The predicted molar refractivity (Wildman–Crippen MR) is 61.7 cm³/mol. The van der Waals surface area contributed by atoms with E-state index in [2.05, 4.69) is 43.5 Å². The molecule has 2 heterocycles. The fourth-order valence-electron chi connectivity index (χ4n) is 1.21. The minimum atomic E-state index is 0.652. The fourth-order valence-corrected chi connectivity index (χ4v) is 3.06. The van der Waals surface area contributed by atoms with E-state index in [1.165, 1.54) is 14.6 Å². The largest absolute Gasteiger partial charge is 0.143 e. The summed E-state index contributed by atoms with van der Waals surface area (Å²) in [4.78, 5) is 4.26. The van der Waals surface area contributed by atoms with Gasteiger partial charge in [0.25, 0.3) is 0 Å². The smallest absolute Gasteiger partial charge is 0.0445 e. The van der Waals surface area contributed by atoms with Crippen LogP contribution in [-0.4, -0.2) is 0 Å². The lowest BCUT2D eigenvalue weighted by atomic mass is 10.2. The molecule has 0 aromatic carbocycles. The zero-order chi connectivity index (χ0) is 9.26. The molecule has 0 radical (unpaired) electrons. The van der Waals surface area contributed by atoms with Gasteiger partial charge >= 0.3 is 0 Å². The van der Waals surface area contributed by atoms with Crippen LogP contribution in [0.15, 0.2) is 29.6 Å². The molecule has 2 aromatic heterocycles. The van der Waals surface area contributed by atoms with Gasteiger partial charge in [0.15, 0.2) is 0 Å². The Morgan fingerprint density at radius 2 is 1.92 bits per heavy atom. The van der Waals surface area contributed by atoms with Crippen molar-refractivity contribution >= 4 is 22.7 Å². The average molecular weight is 208 g/mol. The third-order valence-electron chi connectivity index (χ3n) is 1.96. The maximum Gasteiger partial charge on any atom is 0.0445 e. The van der Waals surface area contributed by atoms with Crippen LogP contribution in [0.5, 0.6) is 0 Å². The highest BCUT2D eigenvalue weighted by atomic mass is 32.1. The molecule has 0 saturated carbocycles. The van der Waals surface area contributed by atoms with Gasteiger partial charge in [0.2, 0.25) is 0 Å². The Kier molecular flexibility index (Phi) is 2.51. The molecule has 0 saturated heterocycles. The second kappa shape index (κ2) is 3.64. The van der Waals surface area contributed by atoms with E-state index in [-0.39, 0.29) is 0 Å². The minimum Gasteiger partial charge on any atom is -0.143 e. The standard InChI is InChI=1S/C11H12S2/c1-8(2)9-5-6-11(13-9)10-4-3-7-12-10/h3-8H,1-2H3. The normalized spacial score (nSPS) is 11.0. The van der Waals surface area contributed by atoms with Crippen LogP contribution in [0.4, 0.5) is 0 Å². The third kappa shape index (κ3) is 1.84. The first-order valence-corrected chi connectivity index (χ1v) is 6.10. The summed E-state index contributed by atoms with van der Waals surface area (Å²) in [6.07, 6.45) is 0. The van der Waals surface area contributed by atoms with Crippen LogP contribution in [0.1, 0.15) is 24.6 Å². The van der Waals surface area contributed by atoms with E-state index < -0.39 is 0 Å². The molecule has 0 aliphatic heterocycles. The Balaban J connectivity index is 2.33. The Morgan fingerprint density at radius 1 is 1.08 bits per heavy atom. The summed E-state index contributed by atoms with van der Waals surface area (Å²) in [5.41, 5.74) is 0. The van der Waals surface area contributed by atoms with Crippen LogP contribution in [0.2, 0.25) is 0 Å². The highest BCUT2D eigenvalue weighted by Gasteiger charge is 2.05. The maximum absolute atomic E-state index is 2.24. The van der Waals surface area contributed by atoms with E-state index in [9.17, 15) is 0 Å². The number of hydrogen-bond donors (Lipinski definition) is 0. The second-order valence-electron chi connectivity index (χ2n) is 3.33. The van der Waals surface area contributed by atoms with Crippen LogP contribution < -0.4 is 0 Å². The van der Waals surface area contributed by atoms with E-state index in [1.54, 1.807) is 0 Å². The van der Waals surface area contributed by atoms with Gasteiger partial charge in [-0.3, -0.25) is 0 Å². The molecule has 0 aliphatic carbocycles. The molecule has 0 nitrogen and oxygen atoms in total. The van der Waals surface area contributed by atoms with Crippen molar-refractivity contribution < 1.29 is 0 Å². The third-order valence-corrected chi connectivity index (χ3v) is 4.41. The molecule has 0 amide bonds. The molecule has 2 rings (SSSR count). The highest BCUT2D eigenvalue weighted by molar-refractivity contribution is 7.21. The minimum absolute atomic E-state index is 0.652. The Hall–Kier alpha value is -0.600. The summed E-state index contributed by atoms with van der Waals surface area (Å²) in [5, 5.41) is 2.13. The van der Waals surface area contributed by atoms with E-state index in [4.69, 9.17) is 0 Å². The van der Waals surface area contributed by atoms with Gasteiger partial charge < -0.3 is 0 Å². The van der Waals surface area contributed by atoms with Crippen molar-refractivity contribution in [2.45, 2.75) is 19.8 Å². The van der Waals surface area contributed by atoms with Gasteiger partial charge in [-0.1, -0.05) is 19.9 Å². The van der Waals surface area contributed by atoms with Crippen molar-refractivity contribution in [3.8, 4) is 9.75 Å². The van der Waals surface area contributed by atoms with Crippen LogP contribution in [0, 0.1) is 0 Å². The van der Waals surface area contributed by atoms with Gasteiger partial charge in [-0.05, 0) is 29.5 Å². The summed E-state index contributed by atoms with van der Waals surface area (Å²) in [7, 11) is 0. The molecule has 2 heteroatoms. The number of rotatable bonds is 2. The molecule has 13 heavy (non-hydrogen) atoms. The van der Waals surface area contributed by atoms with Crippen molar-refractivity contribution in [2.24, 2.45) is 0 Å². The first-order chi connectivity index (χ1) is 6.27. The van der Waals surface area contributed by atoms with Crippen molar-refractivity contribution in [2.75, 3.05) is 0 Å². The maximum atomic E-state index is 2.24. The Morgan fingerprint density at radius 3 is 2.46 bits per heavy atom. The first kappa shape index (κ1) is 8.97. The van der Waals surface area contributed by atoms with Crippen LogP contribution in [0.3, 0.4) is 0 Å². The molecule has 0 atom stereocenters. The Bertz CT molecular complexity index is 368. The second-order valence-corrected chi connectivity index (χ2v) is 5.40. The lowest BCUT2D eigenvalue weighted by Crippen LogP contribution is -1.77. The van der Waals surface area contributed by atoms with E-state index in [0.717, 1.165) is 0 Å². The topological polar surface area (TPSA) is 0 Å². The SMILES string of the molecule is CC(C)c1ccc(-c2cccs2)s1. The van der Waals surface area contributed by atoms with Crippen molar-refractivity contribution in [1.82, 2.24) is 0 Å². The Labute approximate surface area is 86.9 Å². The lowest BCUT2D eigenvalue weighted by molar-refractivity contribution is 0.890. The summed E-state index contributed by atoms with van der Waals surface area (Å²) in [6, 6.07) is 8.76. The van der Waals surface area contributed by atoms with Crippen molar-refractivity contribution in [1.29, 1.82) is 0 Å². The molecule has 68 valence electrons. The molecular formula is C11H12S2. The lowest BCUT2D eigenvalue weighted by Gasteiger charge is -1.97. The fraction of sp³-hybridized carbons (Fsp3) is 0.273. The van der Waals surface area contributed by atoms with E-state index in [1.807, 2.05) is 22.7 Å². The quantitative estimate of drug-likeness (QED) is 0.676. The van der Waals surface area contributed by atoms with Crippen LogP contribution in [-0.2, 0) is 0 Å². The summed E-state index contributed by atoms with van der Waals surface area (Å²) < 4.78 is 0. The van der Waals surface area contributed by atoms with Crippen LogP contribution >= 0.6 is 22.7 Å². The summed E-state index contributed by atoms with van der Waals surface area (Å²) >= 11 is 3.72. The number of thiophene rings is 2. The van der Waals surface area contributed by atoms with Crippen molar-refractivity contribution in [3.63, 3.8) is 0 Å². The zero-order valence-corrected chi connectivity index (χ0v) is 9.41. The molecular weight excluding hydrogens is 196 g/mol. The molecule has 0 spiro atoms. The monoisotopic (exact) mass is 208 g/mol. The number of hydrogen-bond acceptors (Lipinski definition) is 2. The van der Waals surface area contributed by atoms with Gasteiger partial charge in [0.05, 0.1) is 0 Å². The van der Waals surface area contributed by atoms with Crippen LogP contribution in [0.25, 0.3) is 9.75 Å². The predicted octanol–water partition coefficient (Wildman–Crippen LogP) is 4.60. The first-order valence-electron chi connectivity index (χ1n) is 4.41. The van der Waals surface area contributed by atoms with Gasteiger partial charge in [-0.25, -0.2) is 0 Å². The average Bonchev–Trinajstić information content (AvgIpc) is 2.75. The molecule has 0 aliphatic rings. The van der Waals surface area contributed by atoms with E-state index in [0.29, 0.717) is 5.92 Å². The highest BCUT2D eigenvalue weighted by Crippen LogP contribution is 2.34. The zero-order valence-electron chi connectivity index (χ0n) is 7.78.